The first-order valence-corrected chi connectivity index (χ1v) is 9.20. The predicted molar refractivity (Wildman–Crippen MR) is 101 cm³/mol. The molecule has 0 unspecified atom stereocenters. The number of ether oxygens (including phenoxy) is 1. The van der Waals surface area contributed by atoms with Crippen LogP contribution in [-0.2, 0) is 16.1 Å². The Bertz CT molecular complexity index is 799. The Morgan fingerprint density at radius 2 is 2.00 bits per heavy atom. The van der Waals surface area contributed by atoms with E-state index in [1.807, 2.05) is 25.2 Å². The average molecular weight is 376 g/mol. The summed E-state index contributed by atoms with van der Waals surface area (Å²) in [6.45, 7) is 6.19. The molecule has 0 bridgehead atoms. The number of hydrogen-bond donors (Lipinski definition) is 1. The number of hydrogen-bond acceptors (Lipinski definition) is 3. The molecule has 1 fully saturated rings. The third-order valence-corrected chi connectivity index (χ3v) is 5.34. The lowest BCUT2D eigenvalue weighted by atomic mass is 9.95. The number of anilines is 1. The van der Waals surface area contributed by atoms with Gasteiger partial charge in [-0.25, -0.2) is 8.78 Å². The monoisotopic (exact) mass is 376 g/mol. The molecule has 1 N–H and O–H groups in total. The third kappa shape index (κ3) is 3.93. The van der Waals surface area contributed by atoms with Crippen LogP contribution in [-0.4, -0.2) is 37.6 Å². The van der Waals surface area contributed by atoms with Crippen molar-refractivity contribution in [1.29, 1.82) is 0 Å². The lowest BCUT2D eigenvalue weighted by Gasteiger charge is -2.27. The van der Waals surface area contributed by atoms with E-state index in [-0.39, 0.29) is 12.8 Å². The quantitative estimate of drug-likeness (QED) is 0.823. The summed E-state index contributed by atoms with van der Waals surface area (Å²) in [5, 5.41) is 2.70. The number of amides is 1. The molecule has 0 spiro atoms. The van der Waals surface area contributed by atoms with Crippen molar-refractivity contribution in [3.63, 3.8) is 0 Å². The van der Waals surface area contributed by atoms with E-state index in [0.29, 0.717) is 13.2 Å². The van der Waals surface area contributed by atoms with E-state index in [0.717, 1.165) is 30.3 Å². The van der Waals surface area contributed by atoms with Crippen molar-refractivity contribution in [2.75, 3.05) is 25.1 Å². The maximum Gasteiger partial charge on any atom is 0.259 e. The molecule has 0 saturated heterocycles. The van der Waals surface area contributed by atoms with Crippen LogP contribution in [0.3, 0.4) is 0 Å². The summed E-state index contributed by atoms with van der Waals surface area (Å²) < 4.78 is 33.2. The van der Waals surface area contributed by atoms with E-state index in [4.69, 9.17) is 4.74 Å². The fourth-order valence-corrected chi connectivity index (χ4v) is 3.35. The fourth-order valence-electron chi connectivity index (χ4n) is 3.35. The normalized spacial score (nSPS) is 18.7. The van der Waals surface area contributed by atoms with Gasteiger partial charge in [-0.1, -0.05) is 17.9 Å². The van der Waals surface area contributed by atoms with E-state index in [1.54, 1.807) is 13.8 Å². The Kier molecular flexibility index (Phi) is 4.94. The molecule has 6 heteroatoms. The van der Waals surface area contributed by atoms with Crippen molar-refractivity contribution in [1.82, 2.24) is 5.32 Å². The lowest BCUT2D eigenvalue weighted by Crippen LogP contribution is -2.50. The van der Waals surface area contributed by atoms with Gasteiger partial charge in [0.1, 0.15) is 5.41 Å². The molecule has 3 rings (SSSR count). The summed E-state index contributed by atoms with van der Waals surface area (Å²) in [7, 11) is 2.01. The molecule has 2 aliphatic rings. The van der Waals surface area contributed by atoms with Crippen molar-refractivity contribution < 1.29 is 18.3 Å². The highest BCUT2D eigenvalue weighted by Gasteiger charge is 2.64. The minimum Gasteiger partial charge on any atom is -0.375 e. The van der Waals surface area contributed by atoms with Crippen molar-refractivity contribution >= 4 is 11.6 Å². The van der Waals surface area contributed by atoms with Gasteiger partial charge >= 0.3 is 0 Å². The van der Waals surface area contributed by atoms with Gasteiger partial charge in [0.25, 0.3) is 5.92 Å². The highest BCUT2D eigenvalue weighted by Crippen LogP contribution is 2.56. The predicted octanol–water partition coefficient (Wildman–Crippen LogP) is 3.33. The first-order chi connectivity index (χ1) is 12.6. The number of fused-ring (bicyclic) bond motifs is 1. The number of nitrogens with one attached hydrogen (secondary N) is 1. The summed E-state index contributed by atoms with van der Waals surface area (Å²) in [6.07, 6.45) is 0.420. The van der Waals surface area contributed by atoms with Gasteiger partial charge in [-0.2, -0.15) is 0 Å². The van der Waals surface area contributed by atoms with Crippen molar-refractivity contribution in [3.05, 3.63) is 29.3 Å². The molecule has 1 amide bonds. The molecule has 1 aromatic carbocycles. The van der Waals surface area contributed by atoms with Crippen LogP contribution in [0.1, 0.15) is 44.7 Å². The molecular formula is C21H26F2N2O2. The second-order valence-corrected chi connectivity index (χ2v) is 8.08. The van der Waals surface area contributed by atoms with Gasteiger partial charge in [-0.3, -0.25) is 4.79 Å². The highest BCUT2D eigenvalue weighted by molar-refractivity contribution is 5.87. The van der Waals surface area contributed by atoms with Gasteiger partial charge in [0.2, 0.25) is 5.91 Å². The summed E-state index contributed by atoms with van der Waals surface area (Å²) in [6, 6.07) is 5.88. The number of likely N-dealkylation sites (N-methyl/N-ethyl adjacent to an activating group) is 1. The van der Waals surface area contributed by atoms with Gasteiger partial charge in [0.05, 0.1) is 18.8 Å². The highest BCUT2D eigenvalue weighted by atomic mass is 19.3. The Labute approximate surface area is 159 Å². The summed E-state index contributed by atoms with van der Waals surface area (Å²) >= 11 is 0. The van der Waals surface area contributed by atoms with E-state index in [2.05, 4.69) is 22.1 Å². The molecular weight excluding hydrogens is 350 g/mol. The van der Waals surface area contributed by atoms with Crippen LogP contribution in [0.4, 0.5) is 14.5 Å². The van der Waals surface area contributed by atoms with Gasteiger partial charge in [-0.15, -0.1) is 0 Å². The van der Waals surface area contributed by atoms with E-state index in [9.17, 15) is 13.6 Å². The molecule has 0 atom stereocenters. The standard InChI is InChI=1S/C21H26F2N2O2/c1-19(2,24-18(26)21(10-11-21)20(3,22)23)9-8-15-6-5-7-17-16(15)14-27-13-12-25(17)4/h5-7H,10-14H2,1-4H3,(H,24,26). The second kappa shape index (κ2) is 6.79. The van der Waals surface area contributed by atoms with Crippen molar-refractivity contribution in [2.45, 2.75) is 51.7 Å². The first-order valence-electron chi connectivity index (χ1n) is 9.20. The Morgan fingerprint density at radius 1 is 1.30 bits per heavy atom. The Hall–Kier alpha value is -2.13. The number of halogens is 2. The molecule has 4 nitrogen and oxygen atoms in total. The lowest BCUT2D eigenvalue weighted by molar-refractivity contribution is -0.142. The molecule has 1 aromatic rings. The zero-order chi connectivity index (χ0) is 19.9. The van der Waals surface area contributed by atoms with Gasteiger partial charge < -0.3 is 15.0 Å². The zero-order valence-electron chi connectivity index (χ0n) is 16.3. The zero-order valence-corrected chi connectivity index (χ0v) is 16.3. The van der Waals surface area contributed by atoms with Crippen LogP contribution in [0.15, 0.2) is 18.2 Å². The van der Waals surface area contributed by atoms with Crippen LogP contribution >= 0.6 is 0 Å². The van der Waals surface area contributed by atoms with Gasteiger partial charge in [-0.05, 0) is 38.8 Å². The molecule has 1 heterocycles. The van der Waals surface area contributed by atoms with Crippen LogP contribution in [0.2, 0.25) is 0 Å². The van der Waals surface area contributed by atoms with E-state index >= 15 is 0 Å². The van der Waals surface area contributed by atoms with Crippen LogP contribution in [0, 0.1) is 17.3 Å². The second-order valence-electron chi connectivity index (χ2n) is 8.08. The largest absolute Gasteiger partial charge is 0.375 e. The number of alkyl halides is 2. The number of rotatable bonds is 3. The summed E-state index contributed by atoms with van der Waals surface area (Å²) in [5.74, 6) is 2.51. The Morgan fingerprint density at radius 3 is 2.63 bits per heavy atom. The molecule has 0 aromatic heterocycles. The smallest absolute Gasteiger partial charge is 0.259 e. The molecule has 1 aliphatic heterocycles. The number of nitrogens with zero attached hydrogens (tertiary/aromatic N) is 1. The number of carbonyl (C=O) groups is 1. The topological polar surface area (TPSA) is 41.6 Å². The minimum atomic E-state index is -3.03. The van der Waals surface area contributed by atoms with E-state index in [1.165, 1.54) is 0 Å². The first kappa shape index (κ1) is 19.6. The summed E-state index contributed by atoms with van der Waals surface area (Å²) in [5.41, 5.74) is 0.407. The molecule has 1 saturated carbocycles. The number of benzene rings is 1. The number of carbonyl (C=O) groups excluding carboxylic acids is 1. The maximum absolute atomic E-state index is 13.8. The molecule has 1 aliphatic carbocycles. The van der Waals surface area contributed by atoms with Crippen molar-refractivity contribution in [3.8, 4) is 11.8 Å². The molecule has 0 radical (unpaired) electrons. The van der Waals surface area contributed by atoms with E-state index < -0.39 is 22.8 Å². The molecule has 27 heavy (non-hydrogen) atoms. The van der Waals surface area contributed by atoms with Gasteiger partial charge in [0.15, 0.2) is 0 Å². The fraction of sp³-hybridized carbons (Fsp3) is 0.571. The maximum atomic E-state index is 13.8. The summed E-state index contributed by atoms with van der Waals surface area (Å²) in [4.78, 5) is 14.6. The van der Waals surface area contributed by atoms with Crippen LogP contribution in [0.5, 0.6) is 0 Å². The molecule has 146 valence electrons. The third-order valence-electron chi connectivity index (χ3n) is 5.34. The van der Waals surface area contributed by atoms with Gasteiger partial charge in [0, 0.05) is 37.3 Å². The SMILES string of the molecule is CN1CCOCc2c(C#CC(C)(C)NC(=O)C3(C(C)(F)F)CC3)cccc21. The Balaban J connectivity index is 1.81. The average Bonchev–Trinajstić information content (AvgIpc) is 3.38. The van der Waals surface area contributed by atoms with Crippen LogP contribution < -0.4 is 10.2 Å². The van der Waals surface area contributed by atoms with Crippen molar-refractivity contribution in [2.24, 2.45) is 5.41 Å². The minimum absolute atomic E-state index is 0.210. The van der Waals surface area contributed by atoms with Crippen LogP contribution in [0.25, 0.3) is 0 Å².